The molecule has 0 unspecified atom stereocenters. The lowest BCUT2D eigenvalue weighted by molar-refractivity contribution is 0.0761. The molecule has 4 nitrogen and oxygen atoms in total. The highest BCUT2D eigenvalue weighted by Crippen LogP contribution is 2.26. The van der Waals surface area contributed by atoms with Crippen molar-refractivity contribution in [3.8, 4) is 0 Å². The topological polar surface area (TPSA) is 49.6 Å². The molecule has 0 aromatic heterocycles. The van der Waals surface area contributed by atoms with E-state index in [4.69, 9.17) is 5.73 Å². The number of urea groups is 1. The van der Waals surface area contributed by atoms with E-state index in [0.717, 1.165) is 51.2 Å². The lowest BCUT2D eigenvalue weighted by Gasteiger charge is -2.45. The number of likely N-dealkylation sites (tertiary alicyclic amines) is 1. The first-order valence-electron chi connectivity index (χ1n) is 7.81. The molecule has 19 heavy (non-hydrogen) atoms. The molecule has 0 saturated carbocycles. The van der Waals surface area contributed by atoms with Gasteiger partial charge in [-0.1, -0.05) is 20.8 Å². The maximum atomic E-state index is 12.8. The van der Waals surface area contributed by atoms with E-state index in [2.05, 4.69) is 27.7 Å². The molecule has 4 heteroatoms. The SMILES string of the molecule is CCN(C(=O)N1CCC(C)CC1)C(CC)(CC)CN. The number of hydrogen-bond acceptors (Lipinski definition) is 2. The molecule has 0 radical (unpaired) electrons. The molecule has 1 fully saturated rings. The normalized spacial score (nSPS) is 17.6. The highest BCUT2D eigenvalue weighted by atomic mass is 16.2. The van der Waals surface area contributed by atoms with Gasteiger partial charge >= 0.3 is 6.03 Å². The first kappa shape index (κ1) is 16.3. The summed E-state index contributed by atoms with van der Waals surface area (Å²) in [4.78, 5) is 16.8. The molecule has 0 spiro atoms. The van der Waals surface area contributed by atoms with E-state index in [9.17, 15) is 4.79 Å². The van der Waals surface area contributed by atoms with Crippen molar-refractivity contribution in [2.45, 2.75) is 58.9 Å². The number of nitrogens with two attached hydrogens (primary N) is 1. The highest BCUT2D eigenvalue weighted by molar-refractivity contribution is 5.75. The molecule has 1 saturated heterocycles. The minimum atomic E-state index is -0.172. The fourth-order valence-corrected chi connectivity index (χ4v) is 3.07. The molecule has 0 aromatic rings. The van der Waals surface area contributed by atoms with Gasteiger partial charge in [-0.05, 0) is 38.5 Å². The summed E-state index contributed by atoms with van der Waals surface area (Å²) in [6.45, 7) is 11.7. The molecule has 1 heterocycles. The van der Waals surface area contributed by atoms with E-state index >= 15 is 0 Å². The van der Waals surface area contributed by atoms with Crippen molar-refractivity contribution in [1.29, 1.82) is 0 Å². The Labute approximate surface area is 118 Å². The maximum Gasteiger partial charge on any atom is 0.320 e. The third-order valence-electron chi connectivity index (χ3n) is 4.87. The Morgan fingerprint density at radius 3 is 2.16 bits per heavy atom. The van der Waals surface area contributed by atoms with Gasteiger partial charge in [0, 0.05) is 26.2 Å². The lowest BCUT2D eigenvalue weighted by Crippen LogP contribution is -2.59. The first-order chi connectivity index (χ1) is 9.04. The number of likely N-dealkylation sites (N-methyl/N-ethyl adjacent to an activating group) is 1. The van der Waals surface area contributed by atoms with Gasteiger partial charge < -0.3 is 15.5 Å². The van der Waals surface area contributed by atoms with Crippen molar-refractivity contribution < 1.29 is 4.79 Å². The summed E-state index contributed by atoms with van der Waals surface area (Å²) in [6.07, 6.45) is 4.09. The lowest BCUT2D eigenvalue weighted by atomic mass is 9.90. The summed E-state index contributed by atoms with van der Waals surface area (Å²) in [6, 6.07) is 0.184. The quantitative estimate of drug-likeness (QED) is 0.834. The molecule has 1 aliphatic rings. The van der Waals surface area contributed by atoms with E-state index < -0.39 is 0 Å². The Balaban J connectivity index is 2.81. The van der Waals surface area contributed by atoms with Crippen molar-refractivity contribution in [3.05, 3.63) is 0 Å². The average molecular weight is 269 g/mol. The number of carbonyl (C=O) groups is 1. The van der Waals surface area contributed by atoms with Crippen molar-refractivity contribution in [3.63, 3.8) is 0 Å². The first-order valence-corrected chi connectivity index (χ1v) is 7.81. The van der Waals surface area contributed by atoms with E-state index in [0.29, 0.717) is 6.54 Å². The number of piperidine rings is 1. The van der Waals surface area contributed by atoms with E-state index in [1.807, 2.05) is 9.80 Å². The average Bonchev–Trinajstić information content (AvgIpc) is 2.45. The van der Waals surface area contributed by atoms with Gasteiger partial charge in [0.15, 0.2) is 0 Å². The minimum Gasteiger partial charge on any atom is -0.328 e. The zero-order valence-electron chi connectivity index (χ0n) is 13.1. The van der Waals surface area contributed by atoms with Crippen LogP contribution in [0.1, 0.15) is 53.4 Å². The van der Waals surface area contributed by atoms with Crippen LogP contribution in [-0.4, -0.2) is 47.5 Å². The standard InChI is InChI=1S/C15H31N3O/c1-5-15(6-2,12-16)18(7-3)14(19)17-10-8-13(4)9-11-17/h13H,5-12,16H2,1-4H3. The molecular weight excluding hydrogens is 238 g/mol. The summed E-state index contributed by atoms with van der Waals surface area (Å²) in [5.41, 5.74) is 5.81. The van der Waals surface area contributed by atoms with Crippen LogP contribution in [0, 0.1) is 5.92 Å². The maximum absolute atomic E-state index is 12.8. The predicted molar refractivity (Wildman–Crippen MR) is 80.1 cm³/mol. The summed E-state index contributed by atoms with van der Waals surface area (Å²) < 4.78 is 0. The molecule has 0 aromatic carbocycles. The van der Waals surface area contributed by atoms with Crippen LogP contribution in [-0.2, 0) is 0 Å². The third kappa shape index (κ3) is 3.41. The second-order valence-electron chi connectivity index (χ2n) is 5.83. The smallest absolute Gasteiger partial charge is 0.320 e. The summed E-state index contributed by atoms with van der Waals surface area (Å²) in [5.74, 6) is 0.746. The molecular formula is C15H31N3O. The number of rotatable bonds is 5. The van der Waals surface area contributed by atoms with Gasteiger partial charge in [-0.3, -0.25) is 0 Å². The van der Waals surface area contributed by atoms with E-state index in [1.165, 1.54) is 0 Å². The summed E-state index contributed by atoms with van der Waals surface area (Å²) in [7, 11) is 0. The Morgan fingerprint density at radius 2 is 1.79 bits per heavy atom. The molecule has 0 aliphatic carbocycles. The number of carbonyl (C=O) groups excluding carboxylic acids is 1. The minimum absolute atomic E-state index is 0.172. The fraction of sp³-hybridized carbons (Fsp3) is 0.933. The van der Waals surface area contributed by atoms with Crippen LogP contribution in [0.2, 0.25) is 0 Å². The Kier molecular flexibility index (Phi) is 6.11. The van der Waals surface area contributed by atoms with Gasteiger partial charge in [0.2, 0.25) is 0 Å². The van der Waals surface area contributed by atoms with Crippen LogP contribution in [0.4, 0.5) is 4.79 Å². The number of amides is 2. The van der Waals surface area contributed by atoms with Crippen LogP contribution in [0.5, 0.6) is 0 Å². The second kappa shape index (κ2) is 7.13. The zero-order chi connectivity index (χ0) is 14.5. The molecule has 1 aliphatic heterocycles. The van der Waals surface area contributed by atoms with E-state index in [-0.39, 0.29) is 11.6 Å². The second-order valence-corrected chi connectivity index (χ2v) is 5.83. The molecule has 0 bridgehead atoms. The summed E-state index contributed by atoms with van der Waals surface area (Å²) >= 11 is 0. The Bertz CT molecular complexity index is 273. The van der Waals surface area contributed by atoms with Crippen LogP contribution in [0.25, 0.3) is 0 Å². The van der Waals surface area contributed by atoms with E-state index in [1.54, 1.807) is 0 Å². The highest BCUT2D eigenvalue weighted by Gasteiger charge is 2.37. The monoisotopic (exact) mass is 269 g/mol. The Morgan fingerprint density at radius 1 is 1.26 bits per heavy atom. The van der Waals surface area contributed by atoms with Gasteiger partial charge in [0.1, 0.15) is 0 Å². The van der Waals surface area contributed by atoms with Gasteiger partial charge in [-0.15, -0.1) is 0 Å². The molecule has 1 rings (SSSR count). The molecule has 2 N–H and O–H groups in total. The van der Waals surface area contributed by atoms with Crippen LogP contribution in [0.15, 0.2) is 0 Å². The van der Waals surface area contributed by atoms with Crippen molar-refractivity contribution in [2.75, 3.05) is 26.2 Å². The third-order valence-corrected chi connectivity index (χ3v) is 4.87. The van der Waals surface area contributed by atoms with Gasteiger partial charge in [-0.25, -0.2) is 4.79 Å². The van der Waals surface area contributed by atoms with Gasteiger partial charge in [0.05, 0.1) is 5.54 Å². The fourth-order valence-electron chi connectivity index (χ4n) is 3.07. The van der Waals surface area contributed by atoms with Crippen molar-refractivity contribution >= 4 is 6.03 Å². The number of hydrogen-bond donors (Lipinski definition) is 1. The Hall–Kier alpha value is -0.770. The van der Waals surface area contributed by atoms with Crippen LogP contribution in [0.3, 0.4) is 0 Å². The predicted octanol–water partition coefficient (Wildman–Crippen LogP) is 2.68. The zero-order valence-corrected chi connectivity index (χ0v) is 13.1. The van der Waals surface area contributed by atoms with Crippen molar-refractivity contribution in [1.82, 2.24) is 9.80 Å². The summed E-state index contributed by atoms with van der Waals surface area (Å²) in [5, 5.41) is 0. The largest absolute Gasteiger partial charge is 0.328 e. The number of nitrogens with zero attached hydrogens (tertiary/aromatic N) is 2. The molecule has 2 amide bonds. The molecule has 112 valence electrons. The van der Waals surface area contributed by atoms with Crippen molar-refractivity contribution in [2.24, 2.45) is 11.7 Å². The van der Waals surface area contributed by atoms with Gasteiger partial charge in [0.25, 0.3) is 0 Å². The van der Waals surface area contributed by atoms with Gasteiger partial charge in [-0.2, -0.15) is 0 Å². The molecule has 0 atom stereocenters. The van der Waals surface area contributed by atoms with Crippen LogP contribution >= 0.6 is 0 Å². The van der Waals surface area contributed by atoms with Crippen LogP contribution < -0.4 is 5.73 Å².